The Kier molecular flexibility index (Phi) is 7.96. The number of aromatic nitrogens is 2. The minimum absolute atomic E-state index is 0.220. The summed E-state index contributed by atoms with van der Waals surface area (Å²) in [6, 6.07) is 47.1. The summed E-state index contributed by atoms with van der Waals surface area (Å²) in [6.07, 6.45) is 0. The Morgan fingerprint density at radius 2 is 1.27 bits per heavy atom. The molecule has 0 aliphatic rings. The monoisotopic (exact) mass is 665 g/mol. The molecule has 6 aromatic carbocycles. The number of nitrogens with zero attached hydrogens (tertiary/aromatic N) is 4. The fourth-order valence-corrected chi connectivity index (χ4v) is 7.64. The summed E-state index contributed by atoms with van der Waals surface area (Å²) >= 11 is 0. The number of furan rings is 1. The van der Waals surface area contributed by atoms with Crippen molar-refractivity contribution in [3.05, 3.63) is 150 Å². The van der Waals surface area contributed by atoms with Crippen molar-refractivity contribution < 1.29 is 8.98 Å². The number of benzene rings is 6. The molecule has 250 valence electrons. The van der Waals surface area contributed by atoms with Crippen LogP contribution in [-0.2, 0) is 7.05 Å². The minimum Gasteiger partial charge on any atom is -0.455 e. The highest BCUT2D eigenvalue weighted by Crippen LogP contribution is 2.45. The summed E-state index contributed by atoms with van der Waals surface area (Å²) in [5.41, 5.74) is 13.7. The quantitative estimate of drug-likeness (QED) is 0.159. The van der Waals surface area contributed by atoms with Crippen molar-refractivity contribution in [1.29, 1.82) is 5.26 Å². The number of nitriles is 1. The Morgan fingerprint density at radius 1 is 0.686 bits per heavy atom. The third kappa shape index (κ3) is 5.27. The Hall–Kier alpha value is -6.12. The largest absolute Gasteiger partial charge is 0.455 e. The molecule has 0 saturated carbocycles. The number of rotatable bonds is 7. The molecule has 0 aliphatic carbocycles. The third-order valence-electron chi connectivity index (χ3n) is 10.1. The lowest BCUT2D eigenvalue weighted by molar-refractivity contribution is -0.633. The number of hydrogen-bond acceptors (Lipinski definition) is 3. The second-order valence-electron chi connectivity index (χ2n) is 14.1. The van der Waals surface area contributed by atoms with Gasteiger partial charge in [-0.05, 0) is 91.1 Å². The van der Waals surface area contributed by atoms with Crippen LogP contribution in [-0.4, -0.2) is 4.57 Å². The molecule has 0 spiro atoms. The maximum Gasteiger partial charge on any atom is 0.299 e. The molecule has 0 atom stereocenters. The SMILES string of the molecule is Cc1ccc2c(oc3cc(C#N)ccc32)c1-c1n(-c2c(C(C)C)cc(N(c3ccccc3)c3ccccc3)cc2C(C)C)c2ccccc2[n+]1C. The minimum atomic E-state index is 0.220. The molecule has 2 heterocycles. The molecule has 0 amide bonds. The molecule has 0 N–H and O–H groups in total. The number of aryl methyl sites for hydroxylation is 2. The van der Waals surface area contributed by atoms with E-state index in [-0.39, 0.29) is 11.8 Å². The van der Waals surface area contributed by atoms with Crippen molar-refractivity contribution in [2.45, 2.75) is 46.5 Å². The lowest BCUT2D eigenvalue weighted by Gasteiger charge is -2.28. The van der Waals surface area contributed by atoms with Gasteiger partial charge in [0.2, 0.25) is 0 Å². The maximum absolute atomic E-state index is 9.65. The van der Waals surface area contributed by atoms with Crippen LogP contribution in [0.3, 0.4) is 0 Å². The lowest BCUT2D eigenvalue weighted by atomic mass is 9.90. The van der Waals surface area contributed by atoms with Crippen molar-refractivity contribution in [1.82, 2.24) is 4.57 Å². The van der Waals surface area contributed by atoms with E-state index in [0.29, 0.717) is 5.56 Å². The summed E-state index contributed by atoms with van der Waals surface area (Å²) in [7, 11) is 2.16. The van der Waals surface area contributed by atoms with Crippen molar-refractivity contribution in [3.8, 4) is 23.1 Å². The van der Waals surface area contributed by atoms with Gasteiger partial charge in [0.1, 0.15) is 16.8 Å². The predicted octanol–water partition coefficient (Wildman–Crippen LogP) is 11.9. The number of imidazole rings is 1. The first-order valence-corrected chi connectivity index (χ1v) is 17.7. The predicted molar refractivity (Wildman–Crippen MR) is 209 cm³/mol. The first-order chi connectivity index (χ1) is 24.8. The molecule has 5 heteroatoms. The number of para-hydroxylation sites is 4. The summed E-state index contributed by atoms with van der Waals surface area (Å²) < 4.78 is 11.5. The van der Waals surface area contributed by atoms with Gasteiger partial charge >= 0.3 is 0 Å². The van der Waals surface area contributed by atoms with Crippen molar-refractivity contribution in [2.24, 2.45) is 7.05 Å². The Bertz CT molecular complexity index is 2550. The van der Waals surface area contributed by atoms with Gasteiger partial charge < -0.3 is 9.32 Å². The smallest absolute Gasteiger partial charge is 0.299 e. The standard InChI is InChI=1S/C46H41N4O/c1-29(2)38-26-35(49(33-15-9-7-10-16-33)34-17-11-8-12-18-34)27-39(30(3)4)44(38)50-41-20-14-13-19-40(41)48(6)46(50)43-31(5)21-23-37-36-24-22-32(28-47)25-42(36)51-45(37)43/h7-27,29-30H,1-6H3/q+1. The molecule has 51 heavy (non-hydrogen) atoms. The van der Waals surface area contributed by atoms with Gasteiger partial charge in [0.25, 0.3) is 5.82 Å². The molecule has 0 unspecified atom stereocenters. The zero-order chi connectivity index (χ0) is 35.4. The van der Waals surface area contributed by atoms with Crippen molar-refractivity contribution >= 4 is 50.0 Å². The van der Waals surface area contributed by atoms with Gasteiger partial charge in [0.15, 0.2) is 16.6 Å². The van der Waals surface area contributed by atoms with E-state index in [2.05, 4.69) is 171 Å². The summed E-state index contributed by atoms with van der Waals surface area (Å²) in [4.78, 5) is 2.37. The fraction of sp³-hybridized carbons (Fsp3) is 0.174. The summed E-state index contributed by atoms with van der Waals surface area (Å²) in [5, 5.41) is 11.7. The summed E-state index contributed by atoms with van der Waals surface area (Å²) in [5.74, 6) is 1.49. The van der Waals surface area contributed by atoms with E-state index in [4.69, 9.17) is 4.42 Å². The highest BCUT2D eigenvalue weighted by molar-refractivity contribution is 6.10. The van der Waals surface area contributed by atoms with Gasteiger partial charge in [-0.25, -0.2) is 4.57 Å². The van der Waals surface area contributed by atoms with Gasteiger partial charge in [-0.15, -0.1) is 0 Å². The highest BCUT2D eigenvalue weighted by Gasteiger charge is 2.34. The van der Waals surface area contributed by atoms with Crippen LogP contribution in [0.15, 0.2) is 132 Å². The first-order valence-electron chi connectivity index (χ1n) is 17.7. The highest BCUT2D eigenvalue weighted by atomic mass is 16.3. The van der Waals surface area contributed by atoms with E-state index in [1.807, 2.05) is 18.2 Å². The molecule has 5 nitrogen and oxygen atoms in total. The van der Waals surface area contributed by atoms with Gasteiger partial charge in [-0.2, -0.15) is 9.83 Å². The van der Waals surface area contributed by atoms with E-state index in [1.54, 1.807) is 0 Å². The number of fused-ring (bicyclic) bond motifs is 4. The van der Waals surface area contributed by atoms with E-state index >= 15 is 0 Å². The van der Waals surface area contributed by atoms with E-state index < -0.39 is 0 Å². The van der Waals surface area contributed by atoms with Gasteiger partial charge in [0, 0.05) is 39.0 Å². The zero-order valence-electron chi connectivity index (χ0n) is 30.0. The van der Waals surface area contributed by atoms with Crippen LogP contribution >= 0.6 is 0 Å². The zero-order valence-corrected chi connectivity index (χ0v) is 30.0. The number of hydrogen-bond donors (Lipinski definition) is 0. The molecule has 0 bridgehead atoms. The van der Waals surface area contributed by atoms with Gasteiger partial charge in [-0.1, -0.05) is 88.4 Å². The molecule has 8 aromatic rings. The van der Waals surface area contributed by atoms with Gasteiger partial charge in [0.05, 0.1) is 18.7 Å². The second kappa shape index (κ2) is 12.6. The molecular formula is C46H41N4O+. The molecule has 8 rings (SSSR count). The van der Waals surface area contributed by atoms with Crippen molar-refractivity contribution in [2.75, 3.05) is 4.90 Å². The van der Waals surface area contributed by atoms with Crippen molar-refractivity contribution in [3.63, 3.8) is 0 Å². The lowest BCUT2D eigenvalue weighted by Crippen LogP contribution is -2.30. The number of anilines is 3. The topological polar surface area (TPSA) is 49.0 Å². The first kappa shape index (κ1) is 32.1. The van der Waals surface area contributed by atoms with Crippen LogP contribution in [0.25, 0.3) is 50.0 Å². The van der Waals surface area contributed by atoms with Crippen LogP contribution in [0, 0.1) is 18.3 Å². The normalized spacial score (nSPS) is 11.7. The molecule has 0 aliphatic heterocycles. The van der Waals surface area contributed by atoms with Crippen LogP contribution < -0.4 is 9.47 Å². The third-order valence-corrected chi connectivity index (χ3v) is 10.1. The molecule has 2 aromatic heterocycles. The van der Waals surface area contributed by atoms with Crippen LogP contribution in [0.4, 0.5) is 17.1 Å². The van der Waals surface area contributed by atoms with Crippen LogP contribution in [0.2, 0.25) is 0 Å². The fourth-order valence-electron chi connectivity index (χ4n) is 7.64. The molecular weight excluding hydrogens is 625 g/mol. The summed E-state index contributed by atoms with van der Waals surface area (Å²) in [6.45, 7) is 11.4. The Balaban J connectivity index is 1.48. The maximum atomic E-state index is 9.65. The van der Waals surface area contributed by atoms with Crippen LogP contribution in [0.5, 0.6) is 0 Å². The van der Waals surface area contributed by atoms with E-state index in [1.165, 1.54) is 16.8 Å². The van der Waals surface area contributed by atoms with Crippen LogP contribution in [0.1, 0.15) is 61.8 Å². The molecule has 0 saturated heterocycles. The average Bonchev–Trinajstić information content (AvgIpc) is 3.66. The second-order valence-corrected chi connectivity index (χ2v) is 14.1. The molecule has 0 fully saturated rings. The van der Waals surface area contributed by atoms with E-state index in [9.17, 15) is 5.26 Å². The Labute approximate surface area is 299 Å². The average molecular weight is 666 g/mol. The molecule has 0 radical (unpaired) electrons. The van der Waals surface area contributed by atoms with E-state index in [0.717, 1.165) is 67.0 Å². The Morgan fingerprint density at radius 3 is 1.88 bits per heavy atom. The van der Waals surface area contributed by atoms with Gasteiger partial charge in [-0.3, -0.25) is 0 Å².